The van der Waals surface area contributed by atoms with Crippen LogP contribution in [0.2, 0.25) is 0 Å². The van der Waals surface area contributed by atoms with Crippen LogP contribution in [-0.2, 0) is 0 Å². The average molecular weight is 290 g/mol. The van der Waals surface area contributed by atoms with Gasteiger partial charge in [0.1, 0.15) is 0 Å². The second-order valence-electron chi connectivity index (χ2n) is 5.25. The molecule has 1 aliphatic heterocycles. The lowest BCUT2D eigenvalue weighted by Crippen LogP contribution is -2.26. The Labute approximate surface area is 121 Å². The third-order valence-electron chi connectivity index (χ3n) is 3.69. The van der Waals surface area contributed by atoms with Gasteiger partial charge >= 0.3 is 0 Å². The summed E-state index contributed by atoms with van der Waals surface area (Å²) in [6.07, 6.45) is 1.21. The maximum Gasteiger partial charge on any atom is 0.250 e. The molecule has 1 aliphatic rings. The van der Waals surface area contributed by atoms with E-state index in [1.165, 1.54) is 6.42 Å². The molecule has 1 atom stereocenters. The van der Waals surface area contributed by atoms with Gasteiger partial charge in [-0.3, -0.25) is 4.79 Å². The first-order valence-electron chi connectivity index (χ1n) is 6.76. The van der Waals surface area contributed by atoms with Crippen LogP contribution in [0.4, 0.5) is 5.13 Å². The van der Waals surface area contributed by atoms with Crippen LogP contribution in [-0.4, -0.2) is 37.6 Å². The van der Waals surface area contributed by atoms with E-state index in [2.05, 4.69) is 22.2 Å². The first-order chi connectivity index (χ1) is 9.65. The minimum Gasteiger partial charge on any atom is -0.366 e. The van der Waals surface area contributed by atoms with Crippen LogP contribution < -0.4 is 16.0 Å². The molecule has 0 radical (unpaired) electrons. The van der Waals surface area contributed by atoms with Crippen LogP contribution >= 0.6 is 11.3 Å². The van der Waals surface area contributed by atoms with Gasteiger partial charge in [-0.05, 0) is 37.6 Å². The van der Waals surface area contributed by atoms with Gasteiger partial charge in [0.25, 0.3) is 5.91 Å². The third kappa shape index (κ3) is 2.48. The van der Waals surface area contributed by atoms with Crippen molar-refractivity contribution in [1.82, 2.24) is 10.3 Å². The van der Waals surface area contributed by atoms with E-state index in [1.807, 2.05) is 12.1 Å². The molecule has 6 heteroatoms. The molecule has 0 aliphatic carbocycles. The Kier molecular flexibility index (Phi) is 3.58. The molecule has 0 spiro atoms. The molecular weight excluding hydrogens is 272 g/mol. The molecule has 0 bridgehead atoms. The molecule has 3 N–H and O–H groups in total. The van der Waals surface area contributed by atoms with E-state index in [0.717, 1.165) is 35.0 Å². The van der Waals surface area contributed by atoms with E-state index in [4.69, 9.17) is 5.73 Å². The summed E-state index contributed by atoms with van der Waals surface area (Å²) in [4.78, 5) is 18.2. The number of nitrogens with one attached hydrogen (secondary N) is 1. The Hall–Kier alpha value is -1.66. The highest BCUT2D eigenvalue weighted by atomic mass is 32.1. The fourth-order valence-electron chi connectivity index (χ4n) is 2.63. The molecule has 3 rings (SSSR count). The van der Waals surface area contributed by atoms with Crippen molar-refractivity contribution in [2.24, 2.45) is 11.7 Å². The van der Waals surface area contributed by atoms with Gasteiger partial charge < -0.3 is 16.0 Å². The predicted molar refractivity (Wildman–Crippen MR) is 82.4 cm³/mol. The normalized spacial score (nSPS) is 18.6. The summed E-state index contributed by atoms with van der Waals surface area (Å²) < 4.78 is 1.01. The molecule has 1 aromatic heterocycles. The fraction of sp³-hybridized carbons (Fsp3) is 0.429. The van der Waals surface area contributed by atoms with Crippen LogP contribution in [0.1, 0.15) is 16.8 Å². The van der Waals surface area contributed by atoms with Crippen LogP contribution in [0.5, 0.6) is 0 Å². The summed E-state index contributed by atoms with van der Waals surface area (Å²) in [6, 6.07) is 5.56. The summed E-state index contributed by atoms with van der Waals surface area (Å²) >= 11 is 1.61. The highest BCUT2D eigenvalue weighted by Gasteiger charge is 2.19. The summed E-state index contributed by atoms with van der Waals surface area (Å²) in [5.74, 6) is 0.248. The number of rotatable bonds is 4. The number of amides is 1. The fourth-order valence-corrected chi connectivity index (χ4v) is 3.60. The minimum absolute atomic E-state index is 0.421. The molecule has 1 unspecified atom stereocenters. The molecule has 106 valence electrons. The van der Waals surface area contributed by atoms with Crippen molar-refractivity contribution in [3.63, 3.8) is 0 Å². The van der Waals surface area contributed by atoms with Gasteiger partial charge in [-0.1, -0.05) is 17.4 Å². The Morgan fingerprint density at radius 2 is 2.45 bits per heavy atom. The van der Waals surface area contributed by atoms with Crippen LogP contribution in [0, 0.1) is 5.92 Å². The van der Waals surface area contributed by atoms with Crippen molar-refractivity contribution in [2.45, 2.75) is 6.42 Å². The summed E-state index contributed by atoms with van der Waals surface area (Å²) in [5, 5.41) is 4.32. The average Bonchev–Trinajstić information content (AvgIpc) is 3.05. The van der Waals surface area contributed by atoms with Crippen LogP contribution in [0.15, 0.2) is 18.2 Å². The van der Waals surface area contributed by atoms with Crippen molar-refractivity contribution in [2.75, 3.05) is 31.6 Å². The lowest BCUT2D eigenvalue weighted by molar-refractivity contribution is 0.100. The smallest absolute Gasteiger partial charge is 0.250 e. The molecule has 2 aromatic rings. The highest BCUT2D eigenvalue weighted by Crippen LogP contribution is 2.30. The number of benzene rings is 1. The van der Waals surface area contributed by atoms with Crippen molar-refractivity contribution < 1.29 is 4.79 Å². The summed E-state index contributed by atoms with van der Waals surface area (Å²) in [5.41, 5.74) is 6.62. The second kappa shape index (κ2) is 5.38. The number of para-hydroxylation sites is 1. The number of aromatic nitrogens is 1. The van der Waals surface area contributed by atoms with E-state index >= 15 is 0 Å². The summed E-state index contributed by atoms with van der Waals surface area (Å²) in [6.45, 7) is 3.16. The zero-order valence-corrected chi connectivity index (χ0v) is 12.2. The van der Waals surface area contributed by atoms with Crippen LogP contribution in [0.3, 0.4) is 0 Å². The lowest BCUT2D eigenvalue weighted by atomic mass is 10.1. The molecule has 1 aromatic carbocycles. The van der Waals surface area contributed by atoms with Gasteiger partial charge in [0.2, 0.25) is 0 Å². The first-order valence-corrected chi connectivity index (χ1v) is 7.58. The largest absolute Gasteiger partial charge is 0.366 e. The highest BCUT2D eigenvalue weighted by molar-refractivity contribution is 7.22. The molecule has 2 heterocycles. The number of thiazole rings is 1. The monoisotopic (exact) mass is 290 g/mol. The number of carbonyl (C=O) groups excluding carboxylic acids is 1. The SMILES string of the molecule is CN(CC1CCNC1)c1nc2c(C(N)=O)cccc2s1. The van der Waals surface area contributed by atoms with Gasteiger partial charge in [0, 0.05) is 13.6 Å². The molecule has 0 saturated carbocycles. The van der Waals surface area contributed by atoms with Crippen molar-refractivity contribution in [3.05, 3.63) is 23.8 Å². The number of hydrogen-bond donors (Lipinski definition) is 2. The van der Waals surface area contributed by atoms with Crippen molar-refractivity contribution in [3.8, 4) is 0 Å². The zero-order valence-electron chi connectivity index (χ0n) is 11.4. The summed E-state index contributed by atoms with van der Waals surface area (Å²) in [7, 11) is 2.06. The topological polar surface area (TPSA) is 71.2 Å². The molecule has 20 heavy (non-hydrogen) atoms. The quantitative estimate of drug-likeness (QED) is 0.894. The van der Waals surface area contributed by atoms with Gasteiger partial charge in [-0.15, -0.1) is 0 Å². The Morgan fingerprint density at radius 1 is 1.60 bits per heavy atom. The van der Waals surface area contributed by atoms with Crippen LogP contribution in [0.25, 0.3) is 10.2 Å². The van der Waals surface area contributed by atoms with E-state index in [1.54, 1.807) is 17.4 Å². The van der Waals surface area contributed by atoms with Gasteiger partial charge in [0.15, 0.2) is 5.13 Å². The number of primary amides is 1. The van der Waals surface area contributed by atoms with E-state index < -0.39 is 5.91 Å². The molecule has 1 saturated heterocycles. The van der Waals surface area contributed by atoms with Crippen molar-refractivity contribution >= 4 is 32.6 Å². The lowest BCUT2D eigenvalue weighted by Gasteiger charge is -2.19. The first kappa shape index (κ1) is 13.3. The van der Waals surface area contributed by atoms with Gasteiger partial charge in [-0.25, -0.2) is 4.98 Å². The maximum absolute atomic E-state index is 11.4. The number of carbonyl (C=O) groups is 1. The third-order valence-corrected chi connectivity index (χ3v) is 4.83. The van der Waals surface area contributed by atoms with Gasteiger partial charge in [-0.2, -0.15) is 0 Å². The zero-order chi connectivity index (χ0) is 14.1. The molecular formula is C14H18N4OS. The number of hydrogen-bond acceptors (Lipinski definition) is 5. The number of nitrogens with two attached hydrogens (primary N) is 1. The van der Waals surface area contributed by atoms with E-state index in [0.29, 0.717) is 11.5 Å². The van der Waals surface area contributed by atoms with Gasteiger partial charge in [0.05, 0.1) is 15.8 Å². The standard InChI is InChI=1S/C14H18N4OS/c1-18(8-9-5-6-16-7-9)14-17-12-10(13(15)19)3-2-4-11(12)20-14/h2-4,9,16H,5-8H2,1H3,(H2,15,19). The molecule has 1 amide bonds. The Bertz CT molecular complexity index is 633. The van der Waals surface area contributed by atoms with Crippen molar-refractivity contribution in [1.29, 1.82) is 0 Å². The second-order valence-corrected chi connectivity index (χ2v) is 6.26. The van der Waals surface area contributed by atoms with E-state index in [-0.39, 0.29) is 0 Å². The Balaban J connectivity index is 1.88. The number of fused-ring (bicyclic) bond motifs is 1. The molecule has 1 fully saturated rings. The minimum atomic E-state index is -0.421. The number of nitrogens with zero attached hydrogens (tertiary/aromatic N) is 2. The Morgan fingerprint density at radius 3 is 3.15 bits per heavy atom. The maximum atomic E-state index is 11.4. The molecule has 5 nitrogen and oxygen atoms in total. The predicted octanol–water partition coefficient (Wildman–Crippen LogP) is 1.44. The van der Waals surface area contributed by atoms with E-state index in [9.17, 15) is 4.79 Å². The number of anilines is 1.